The largest absolute Gasteiger partial charge is 0.305 e. The van der Waals surface area contributed by atoms with Crippen molar-refractivity contribution < 1.29 is 4.79 Å². The number of aromatic nitrogens is 4. The number of thiophene rings is 1. The lowest BCUT2D eigenvalue weighted by Gasteiger charge is -2.18. The highest BCUT2D eigenvalue weighted by atomic mass is 32.2. The Balaban J connectivity index is 1.22. The molecule has 3 heterocycles. The Morgan fingerprint density at radius 3 is 2.91 bits per heavy atom. The molecule has 0 saturated heterocycles. The molecule has 4 aromatic rings. The molecule has 1 aromatic carbocycles. The first-order valence-electron chi connectivity index (χ1n) is 10.5. The van der Waals surface area contributed by atoms with Crippen molar-refractivity contribution in [3.8, 4) is 22.6 Å². The van der Waals surface area contributed by atoms with Gasteiger partial charge in [-0.3, -0.25) is 4.79 Å². The van der Waals surface area contributed by atoms with Crippen LogP contribution in [0.5, 0.6) is 0 Å². The summed E-state index contributed by atoms with van der Waals surface area (Å²) in [6.07, 6.45) is 3.48. The van der Waals surface area contributed by atoms with Gasteiger partial charge in [0.2, 0.25) is 5.91 Å². The molecule has 0 aliphatic heterocycles. The maximum atomic E-state index is 12.5. The summed E-state index contributed by atoms with van der Waals surface area (Å²) >= 11 is 4.65. The van der Waals surface area contributed by atoms with Gasteiger partial charge in [-0.05, 0) is 30.7 Å². The van der Waals surface area contributed by atoms with E-state index in [1.165, 1.54) is 45.5 Å². The third-order valence-electron chi connectivity index (χ3n) is 5.63. The number of benzene rings is 1. The maximum Gasteiger partial charge on any atom is 0.236 e. The van der Waals surface area contributed by atoms with E-state index in [-0.39, 0.29) is 11.7 Å². The minimum atomic E-state index is -0.101. The molecule has 1 amide bonds. The van der Waals surface area contributed by atoms with Crippen LogP contribution < -0.4 is 5.32 Å². The Morgan fingerprint density at radius 1 is 1.22 bits per heavy atom. The Kier molecular flexibility index (Phi) is 6.12. The van der Waals surface area contributed by atoms with E-state index in [0.717, 1.165) is 41.0 Å². The summed E-state index contributed by atoms with van der Waals surface area (Å²) in [5.41, 5.74) is 4.52. The molecule has 1 N–H and O–H groups in total. The van der Waals surface area contributed by atoms with Crippen LogP contribution in [0.4, 0.5) is 5.13 Å². The second-order valence-corrected chi connectivity index (χ2v) is 10.8. The summed E-state index contributed by atoms with van der Waals surface area (Å²) in [5.74, 6) is 1.79. The zero-order chi connectivity index (χ0) is 22.1. The number of hydrogen-bond acceptors (Lipinski definition) is 7. The molecule has 32 heavy (non-hydrogen) atoms. The molecule has 0 spiro atoms. The van der Waals surface area contributed by atoms with E-state index < -0.39 is 0 Å². The van der Waals surface area contributed by atoms with Crippen molar-refractivity contribution in [3.05, 3.63) is 51.5 Å². The molecule has 0 fully saturated rings. The van der Waals surface area contributed by atoms with E-state index in [2.05, 4.69) is 32.8 Å². The number of hydrogen-bond donors (Lipinski definition) is 1. The first-order chi connectivity index (χ1) is 15.6. The number of nitrogens with one attached hydrogen (secondary N) is 1. The predicted octanol–water partition coefficient (Wildman–Crippen LogP) is 5.52. The number of nitrogens with zero attached hydrogens (tertiary/aromatic N) is 4. The molecule has 6 nitrogen and oxygen atoms in total. The van der Waals surface area contributed by atoms with Gasteiger partial charge in [0.05, 0.1) is 11.4 Å². The Hall–Kier alpha value is -2.49. The van der Waals surface area contributed by atoms with Crippen LogP contribution in [0.2, 0.25) is 0 Å². The van der Waals surface area contributed by atoms with Gasteiger partial charge in [0.15, 0.2) is 16.1 Å². The van der Waals surface area contributed by atoms with Gasteiger partial charge in [0, 0.05) is 33.8 Å². The quantitative estimate of drug-likeness (QED) is 0.367. The van der Waals surface area contributed by atoms with E-state index in [4.69, 9.17) is 0 Å². The van der Waals surface area contributed by atoms with Crippen molar-refractivity contribution in [1.82, 2.24) is 19.7 Å². The van der Waals surface area contributed by atoms with Gasteiger partial charge in [-0.1, -0.05) is 49.0 Å². The van der Waals surface area contributed by atoms with Crippen LogP contribution in [0.3, 0.4) is 0 Å². The summed E-state index contributed by atoms with van der Waals surface area (Å²) in [6, 6.07) is 9.94. The van der Waals surface area contributed by atoms with E-state index in [1.807, 2.05) is 58.7 Å². The van der Waals surface area contributed by atoms with E-state index in [9.17, 15) is 4.79 Å². The molecule has 5 rings (SSSR count). The van der Waals surface area contributed by atoms with Gasteiger partial charge in [-0.2, -0.15) is 0 Å². The molecule has 164 valence electrons. The van der Waals surface area contributed by atoms with Crippen molar-refractivity contribution in [2.45, 2.75) is 31.3 Å². The fourth-order valence-electron chi connectivity index (χ4n) is 3.90. The molecule has 3 aromatic heterocycles. The third kappa shape index (κ3) is 4.37. The number of amides is 1. The minimum Gasteiger partial charge on any atom is -0.305 e. The lowest BCUT2D eigenvalue weighted by molar-refractivity contribution is -0.113. The van der Waals surface area contributed by atoms with Crippen molar-refractivity contribution in [3.63, 3.8) is 0 Å². The Morgan fingerprint density at radius 2 is 2.06 bits per heavy atom. The molecule has 1 atom stereocenters. The number of rotatable bonds is 6. The third-order valence-corrected chi connectivity index (χ3v) is 8.46. The number of fused-ring (bicyclic) bond motifs is 1. The number of thiazole rings is 1. The lowest BCUT2D eigenvalue weighted by atomic mass is 9.88. The SMILES string of the molecule is CC1CCc2c(-c3nnc(SCC(=O)Nc4nc(-c5ccccc5)cs4)n3C)csc2C1. The van der Waals surface area contributed by atoms with E-state index in [0.29, 0.717) is 5.13 Å². The van der Waals surface area contributed by atoms with Gasteiger partial charge in [0.25, 0.3) is 0 Å². The van der Waals surface area contributed by atoms with Gasteiger partial charge in [0.1, 0.15) is 0 Å². The molecule has 0 radical (unpaired) electrons. The molecule has 9 heteroatoms. The summed E-state index contributed by atoms with van der Waals surface area (Å²) < 4.78 is 2.00. The summed E-state index contributed by atoms with van der Waals surface area (Å²) in [7, 11) is 1.97. The standard InChI is InChI=1S/C23H23N5OS3/c1-14-8-9-16-17(11-30-19(16)10-14)21-26-27-23(28(21)2)32-13-20(29)25-22-24-18(12-31-22)15-6-4-3-5-7-15/h3-7,11-12,14H,8-10,13H2,1-2H3,(H,24,25,29). The highest BCUT2D eigenvalue weighted by molar-refractivity contribution is 7.99. The zero-order valence-electron chi connectivity index (χ0n) is 17.9. The van der Waals surface area contributed by atoms with Crippen LogP contribution in [0, 0.1) is 5.92 Å². The minimum absolute atomic E-state index is 0.101. The van der Waals surface area contributed by atoms with E-state index in [1.54, 1.807) is 0 Å². The normalized spacial score (nSPS) is 15.5. The molecule has 1 aliphatic rings. The second kappa shape index (κ2) is 9.17. The molecular weight excluding hydrogens is 458 g/mol. The van der Waals surface area contributed by atoms with Crippen LogP contribution in [0.1, 0.15) is 23.8 Å². The fourth-order valence-corrected chi connectivity index (χ4v) is 6.59. The number of anilines is 1. The topological polar surface area (TPSA) is 72.7 Å². The smallest absolute Gasteiger partial charge is 0.236 e. The average molecular weight is 482 g/mol. The van der Waals surface area contributed by atoms with Gasteiger partial charge in [-0.15, -0.1) is 32.9 Å². The molecule has 0 saturated carbocycles. The van der Waals surface area contributed by atoms with Crippen LogP contribution >= 0.6 is 34.4 Å². The van der Waals surface area contributed by atoms with Gasteiger partial charge in [-0.25, -0.2) is 4.98 Å². The van der Waals surface area contributed by atoms with Gasteiger partial charge >= 0.3 is 0 Å². The number of carbonyl (C=O) groups is 1. The molecular formula is C23H23N5OS3. The monoisotopic (exact) mass is 481 g/mol. The summed E-state index contributed by atoms with van der Waals surface area (Å²) in [6.45, 7) is 2.32. The average Bonchev–Trinajstić information content (AvgIpc) is 3.51. The molecule has 0 bridgehead atoms. The highest BCUT2D eigenvalue weighted by Crippen LogP contribution is 2.38. The van der Waals surface area contributed by atoms with Gasteiger partial charge < -0.3 is 9.88 Å². The maximum absolute atomic E-state index is 12.5. The van der Waals surface area contributed by atoms with Crippen molar-refractivity contribution in [1.29, 1.82) is 0 Å². The van der Waals surface area contributed by atoms with Crippen LogP contribution in [-0.4, -0.2) is 31.4 Å². The summed E-state index contributed by atoms with van der Waals surface area (Å²) in [5, 5.41) is 17.2. The van der Waals surface area contributed by atoms with Crippen molar-refractivity contribution in [2.24, 2.45) is 13.0 Å². The first kappa shape index (κ1) is 21.4. The Labute approximate surface area is 199 Å². The second-order valence-electron chi connectivity index (χ2n) is 8.01. The first-order valence-corrected chi connectivity index (χ1v) is 13.3. The van der Waals surface area contributed by atoms with Crippen LogP contribution in [0.25, 0.3) is 22.6 Å². The lowest BCUT2D eigenvalue weighted by Crippen LogP contribution is -2.14. The van der Waals surface area contributed by atoms with Crippen molar-refractivity contribution >= 4 is 45.5 Å². The molecule has 1 unspecified atom stereocenters. The molecule has 1 aliphatic carbocycles. The summed E-state index contributed by atoms with van der Waals surface area (Å²) in [4.78, 5) is 18.5. The Bertz CT molecular complexity index is 1240. The van der Waals surface area contributed by atoms with Crippen molar-refractivity contribution in [2.75, 3.05) is 11.1 Å². The predicted molar refractivity (Wildman–Crippen MR) is 132 cm³/mol. The number of carbonyl (C=O) groups excluding carboxylic acids is 1. The fraction of sp³-hybridized carbons (Fsp3) is 0.304. The zero-order valence-corrected chi connectivity index (χ0v) is 20.3. The highest BCUT2D eigenvalue weighted by Gasteiger charge is 2.23. The van der Waals surface area contributed by atoms with Crippen LogP contribution in [-0.2, 0) is 24.7 Å². The number of thioether (sulfide) groups is 1. The van der Waals surface area contributed by atoms with Crippen LogP contribution in [0.15, 0.2) is 46.2 Å². The van der Waals surface area contributed by atoms with E-state index >= 15 is 0 Å².